The summed E-state index contributed by atoms with van der Waals surface area (Å²) in [5.41, 5.74) is 7.63. The first-order valence-electron chi connectivity index (χ1n) is 5.77. The molecular weight excluding hydrogens is 274 g/mol. The maximum absolute atomic E-state index is 9.27. The molecule has 0 saturated carbocycles. The van der Waals surface area contributed by atoms with E-state index in [0.717, 1.165) is 10.9 Å². The van der Waals surface area contributed by atoms with Crippen LogP contribution in [-0.2, 0) is 0 Å². The van der Waals surface area contributed by atoms with Gasteiger partial charge in [0, 0.05) is 10.9 Å². The van der Waals surface area contributed by atoms with Crippen molar-refractivity contribution in [3.8, 4) is 17.3 Å². The number of benzene rings is 1. The van der Waals surface area contributed by atoms with Gasteiger partial charge in [0.1, 0.15) is 23.2 Å². The van der Waals surface area contributed by atoms with Crippen molar-refractivity contribution >= 4 is 28.3 Å². The molecule has 0 saturated heterocycles. The highest BCUT2D eigenvalue weighted by atomic mass is 35.5. The van der Waals surface area contributed by atoms with E-state index in [0.29, 0.717) is 11.3 Å². The van der Waals surface area contributed by atoms with Crippen molar-refractivity contribution in [2.45, 2.75) is 0 Å². The van der Waals surface area contributed by atoms with Crippen molar-refractivity contribution in [3.05, 3.63) is 47.4 Å². The number of rotatable bonds is 1. The predicted octanol–water partition coefficient (Wildman–Crippen LogP) is 2.80. The van der Waals surface area contributed by atoms with Gasteiger partial charge in [0.2, 0.25) is 0 Å². The van der Waals surface area contributed by atoms with E-state index in [4.69, 9.17) is 17.3 Å². The summed E-state index contributed by atoms with van der Waals surface area (Å²) in [6.45, 7) is 0. The van der Waals surface area contributed by atoms with Gasteiger partial charge in [0.25, 0.3) is 0 Å². The van der Waals surface area contributed by atoms with Crippen LogP contribution in [0.3, 0.4) is 0 Å². The largest absolute Gasteiger partial charge is 0.382 e. The summed E-state index contributed by atoms with van der Waals surface area (Å²) < 4.78 is 0. The molecule has 3 rings (SSSR count). The second-order valence-corrected chi connectivity index (χ2v) is 4.49. The van der Waals surface area contributed by atoms with Crippen LogP contribution in [-0.4, -0.2) is 15.0 Å². The molecule has 0 fully saturated rings. The fraction of sp³-hybridized carbons (Fsp3) is 0. The summed E-state index contributed by atoms with van der Waals surface area (Å²) in [5, 5.41) is 10.4. The minimum Gasteiger partial charge on any atom is -0.382 e. The lowest BCUT2D eigenvalue weighted by Gasteiger charge is -2.07. The van der Waals surface area contributed by atoms with Gasteiger partial charge in [-0.3, -0.25) is 0 Å². The Morgan fingerprint density at radius 2 is 2.00 bits per heavy atom. The van der Waals surface area contributed by atoms with Crippen LogP contribution in [0.4, 0.5) is 5.82 Å². The van der Waals surface area contributed by atoms with Crippen molar-refractivity contribution in [2.75, 3.05) is 5.73 Å². The van der Waals surface area contributed by atoms with Gasteiger partial charge in [0.05, 0.1) is 11.2 Å². The van der Waals surface area contributed by atoms with Crippen LogP contribution in [0.1, 0.15) is 5.69 Å². The third-order valence-electron chi connectivity index (χ3n) is 2.90. The summed E-state index contributed by atoms with van der Waals surface area (Å²) in [5.74, 6) is 0.175. The molecule has 0 aliphatic heterocycles. The second kappa shape index (κ2) is 4.76. The molecule has 6 heteroatoms. The monoisotopic (exact) mass is 281 g/mol. The molecule has 0 bridgehead atoms. The summed E-state index contributed by atoms with van der Waals surface area (Å²) in [6, 6.07) is 11.4. The molecule has 96 valence electrons. The lowest BCUT2D eigenvalue weighted by atomic mass is 10.1. The third-order valence-corrected chi connectivity index (χ3v) is 3.27. The molecule has 0 spiro atoms. The second-order valence-electron chi connectivity index (χ2n) is 4.11. The first-order chi connectivity index (χ1) is 9.70. The molecule has 20 heavy (non-hydrogen) atoms. The number of anilines is 1. The summed E-state index contributed by atoms with van der Waals surface area (Å²) in [6.07, 6.45) is 1.31. The molecule has 2 N–H and O–H groups in total. The minimum absolute atomic E-state index is 0.175. The number of nitrogens with two attached hydrogens (primary N) is 1. The maximum atomic E-state index is 9.27. The summed E-state index contributed by atoms with van der Waals surface area (Å²) in [4.78, 5) is 12.2. The zero-order valence-corrected chi connectivity index (χ0v) is 11.0. The van der Waals surface area contributed by atoms with E-state index in [-0.39, 0.29) is 16.5 Å². The maximum Gasteiger partial charge on any atom is 0.150 e. The van der Waals surface area contributed by atoms with Crippen LogP contribution in [0.2, 0.25) is 5.02 Å². The Morgan fingerprint density at radius 1 is 1.20 bits per heavy atom. The third kappa shape index (κ3) is 1.92. The topological polar surface area (TPSA) is 88.5 Å². The number of nitrogen functional groups attached to an aromatic ring is 1. The number of pyridine rings is 1. The molecule has 0 radical (unpaired) electrons. The predicted molar refractivity (Wildman–Crippen MR) is 76.9 cm³/mol. The van der Waals surface area contributed by atoms with E-state index in [1.165, 1.54) is 6.33 Å². The van der Waals surface area contributed by atoms with E-state index < -0.39 is 0 Å². The van der Waals surface area contributed by atoms with Gasteiger partial charge in [-0.05, 0) is 12.1 Å². The molecule has 3 aromatic rings. The van der Waals surface area contributed by atoms with Crippen LogP contribution in [0.15, 0.2) is 36.7 Å². The lowest BCUT2D eigenvalue weighted by Crippen LogP contribution is -1.98. The van der Waals surface area contributed by atoms with Crippen LogP contribution >= 0.6 is 11.6 Å². The van der Waals surface area contributed by atoms with Crippen molar-refractivity contribution in [1.29, 1.82) is 5.26 Å². The molecule has 0 unspecified atom stereocenters. The van der Waals surface area contributed by atoms with Gasteiger partial charge < -0.3 is 5.73 Å². The van der Waals surface area contributed by atoms with Crippen molar-refractivity contribution < 1.29 is 0 Å². The highest BCUT2D eigenvalue weighted by Crippen LogP contribution is 2.32. The zero-order valence-electron chi connectivity index (χ0n) is 10.2. The molecule has 0 aliphatic carbocycles. The molecule has 0 atom stereocenters. The number of para-hydroxylation sites is 1. The van der Waals surface area contributed by atoms with E-state index in [1.807, 2.05) is 30.3 Å². The highest BCUT2D eigenvalue weighted by Gasteiger charge is 2.15. The number of aromatic nitrogens is 3. The van der Waals surface area contributed by atoms with E-state index in [2.05, 4.69) is 21.0 Å². The standard InChI is InChI=1S/C14H8ClN5/c15-12-13(18-7-19-14(12)17)9-5-8-3-1-2-4-10(8)20-11(9)6-16/h1-5,7H,(H2,17,18,19). The first kappa shape index (κ1) is 12.3. The Bertz CT molecular complexity index is 854. The van der Waals surface area contributed by atoms with E-state index in [1.54, 1.807) is 0 Å². The molecule has 0 aliphatic rings. The Labute approximate surface area is 119 Å². The smallest absolute Gasteiger partial charge is 0.150 e. The van der Waals surface area contributed by atoms with Gasteiger partial charge in [0.15, 0.2) is 5.69 Å². The molecule has 2 heterocycles. The van der Waals surface area contributed by atoms with Crippen LogP contribution < -0.4 is 5.73 Å². The normalized spacial score (nSPS) is 10.4. The number of halogens is 1. The van der Waals surface area contributed by atoms with Gasteiger partial charge in [-0.15, -0.1) is 0 Å². The van der Waals surface area contributed by atoms with Crippen molar-refractivity contribution in [2.24, 2.45) is 0 Å². The summed E-state index contributed by atoms with van der Waals surface area (Å²) >= 11 is 6.12. The Morgan fingerprint density at radius 3 is 2.80 bits per heavy atom. The number of nitriles is 1. The fourth-order valence-electron chi connectivity index (χ4n) is 1.95. The van der Waals surface area contributed by atoms with Gasteiger partial charge >= 0.3 is 0 Å². The molecule has 5 nitrogen and oxygen atoms in total. The Balaban J connectivity index is 2.35. The van der Waals surface area contributed by atoms with Crippen LogP contribution in [0, 0.1) is 11.3 Å². The number of hydrogen-bond donors (Lipinski definition) is 1. The highest BCUT2D eigenvalue weighted by molar-refractivity contribution is 6.35. The summed E-state index contributed by atoms with van der Waals surface area (Å²) in [7, 11) is 0. The van der Waals surface area contributed by atoms with E-state index >= 15 is 0 Å². The van der Waals surface area contributed by atoms with Crippen LogP contribution in [0.5, 0.6) is 0 Å². The number of nitrogens with zero attached hydrogens (tertiary/aromatic N) is 4. The Hall–Kier alpha value is -2.71. The molecule has 1 aromatic carbocycles. The zero-order chi connectivity index (χ0) is 14.1. The van der Waals surface area contributed by atoms with Crippen molar-refractivity contribution in [3.63, 3.8) is 0 Å². The molecule has 2 aromatic heterocycles. The number of hydrogen-bond acceptors (Lipinski definition) is 5. The van der Waals surface area contributed by atoms with E-state index in [9.17, 15) is 5.26 Å². The van der Waals surface area contributed by atoms with Gasteiger partial charge in [-0.1, -0.05) is 29.8 Å². The fourth-order valence-corrected chi connectivity index (χ4v) is 2.15. The minimum atomic E-state index is 0.175. The molecule has 0 amide bonds. The quantitative estimate of drug-likeness (QED) is 0.741. The lowest BCUT2D eigenvalue weighted by molar-refractivity contribution is 1.17. The number of fused-ring (bicyclic) bond motifs is 1. The van der Waals surface area contributed by atoms with Crippen molar-refractivity contribution in [1.82, 2.24) is 15.0 Å². The average Bonchev–Trinajstić information content (AvgIpc) is 2.48. The van der Waals surface area contributed by atoms with Crippen LogP contribution in [0.25, 0.3) is 22.2 Å². The first-order valence-corrected chi connectivity index (χ1v) is 6.14. The van der Waals surface area contributed by atoms with Gasteiger partial charge in [-0.2, -0.15) is 5.26 Å². The average molecular weight is 282 g/mol. The SMILES string of the molecule is N#Cc1nc2ccccc2cc1-c1ncnc(N)c1Cl. The van der Waals surface area contributed by atoms with Gasteiger partial charge in [-0.25, -0.2) is 15.0 Å². The Kier molecular flexibility index (Phi) is 2.93. The molecular formula is C14H8ClN5.